The standard InChI is InChI=1S/C15H16FN3S/c1-2-19(11-12-7-9-17-10-8-12)15(20)18-14-5-3-13(16)4-6-14/h3-10H,2,11H2,1H3,(H,18,20). The third-order valence-electron chi connectivity index (χ3n) is 2.89. The minimum absolute atomic E-state index is 0.259. The van der Waals surface area contributed by atoms with Crippen LogP contribution in [0.1, 0.15) is 12.5 Å². The highest BCUT2D eigenvalue weighted by Crippen LogP contribution is 2.11. The molecule has 0 spiro atoms. The Morgan fingerprint density at radius 1 is 1.20 bits per heavy atom. The molecule has 0 amide bonds. The lowest BCUT2D eigenvalue weighted by Gasteiger charge is -2.24. The molecule has 20 heavy (non-hydrogen) atoms. The summed E-state index contributed by atoms with van der Waals surface area (Å²) in [5.74, 6) is -0.259. The number of anilines is 1. The predicted molar refractivity (Wildman–Crippen MR) is 82.9 cm³/mol. The maximum atomic E-state index is 12.9. The Morgan fingerprint density at radius 3 is 2.45 bits per heavy atom. The summed E-state index contributed by atoms with van der Waals surface area (Å²) in [7, 11) is 0. The summed E-state index contributed by atoms with van der Waals surface area (Å²) in [5.41, 5.74) is 1.93. The zero-order chi connectivity index (χ0) is 14.4. The molecule has 104 valence electrons. The van der Waals surface area contributed by atoms with Gasteiger partial charge in [-0.1, -0.05) is 0 Å². The molecule has 1 aromatic heterocycles. The number of aromatic nitrogens is 1. The maximum Gasteiger partial charge on any atom is 0.173 e. The number of nitrogens with zero attached hydrogens (tertiary/aromatic N) is 2. The van der Waals surface area contributed by atoms with Crippen molar-refractivity contribution in [1.29, 1.82) is 0 Å². The molecular formula is C15H16FN3S. The van der Waals surface area contributed by atoms with Crippen molar-refractivity contribution < 1.29 is 4.39 Å². The lowest BCUT2D eigenvalue weighted by molar-refractivity contribution is 0.442. The Kier molecular flexibility index (Phi) is 5.01. The molecule has 0 bridgehead atoms. The first kappa shape index (κ1) is 14.4. The molecule has 2 aromatic rings. The monoisotopic (exact) mass is 289 g/mol. The summed E-state index contributed by atoms with van der Waals surface area (Å²) < 4.78 is 12.9. The van der Waals surface area contributed by atoms with Crippen LogP contribution >= 0.6 is 12.2 Å². The summed E-state index contributed by atoms with van der Waals surface area (Å²) >= 11 is 5.39. The Balaban J connectivity index is 2.00. The van der Waals surface area contributed by atoms with Gasteiger partial charge in [0, 0.05) is 31.2 Å². The first-order chi connectivity index (χ1) is 9.69. The van der Waals surface area contributed by atoms with E-state index in [0.29, 0.717) is 11.7 Å². The van der Waals surface area contributed by atoms with Gasteiger partial charge in [-0.3, -0.25) is 4.98 Å². The van der Waals surface area contributed by atoms with Crippen molar-refractivity contribution in [3.05, 3.63) is 60.2 Å². The second-order valence-electron chi connectivity index (χ2n) is 4.31. The van der Waals surface area contributed by atoms with Crippen LogP contribution in [0.5, 0.6) is 0 Å². The topological polar surface area (TPSA) is 28.2 Å². The van der Waals surface area contributed by atoms with E-state index in [0.717, 1.165) is 17.8 Å². The Hall–Kier alpha value is -2.01. The van der Waals surface area contributed by atoms with Crippen molar-refractivity contribution in [1.82, 2.24) is 9.88 Å². The van der Waals surface area contributed by atoms with Gasteiger partial charge in [0.15, 0.2) is 5.11 Å². The number of pyridine rings is 1. The largest absolute Gasteiger partial charge is 0.345 e. The molecule has 1 heterocycles. The fourth-order valence-electron chi connectivity index (χ4n) is 1.77. The summed E-state index contributed by atoms with van der Waals surface area (Å²) in [6, 6.07) is 10.1. The number of rotatable bonds is 4. The highest BCUT2D eigenvalue weighted by atomic mass is 32.1. The van der Waals surface area contributed by atoms with Gasteiger partial charge < -0.3 is 10.2 Å². The number of thiocarbonyl (C=S) groups is 1. The summed E-state index contributed by atoms with van der Waals surface area (Å²) in [6.07, 6.45) is 3.53. The quantitative estimate of drug-likeness (QED) is 0.873. The average Bonchev–Trinajstić information content (AvgIpc) is 2.48. The summed E-state index contributed by atoms with van der Waals surface area (Å²) in [6.45, 7) is 3.54. The van der Waals surface area contributed by atoms with Crippen molar-refractivity contribution in [3.63, 3.8) is 0 Å². The second kappa shape index (κ2) is 6.96. The number of hydrogen-bond acceptors (Lipinski definition) is 2. The van der Waals surface area contributed by atoms with Gasteiger partial charge in [0.25, 0.3) is 0 Å². The summed E-state index contributed by atoms with van der Waals surface area (Å²) in [5, 5.41) is 3.74. The molecule has 0 unspecified atom stereocenters. The van der Waals surface area contributed by atoms with E-state index in [1.807, 2.05) is 24.0 Å². The van der Waals surface area contributed by atoms with Crippen molar-refractivity contribution >= 4 is 23.0 Å². The van der Waals surface area contributed by atoms with E-state index >= 15 is 0 Å². The van der Waals surface area contributed by atoms with Crippen LogP contribution in [0.15, 0.2) is 48.8 Å². The smallest absolute Gasteiger partial charge is 0.173 e. The van der Waals surface area contributed by atoms with Crippen molar-refractivity contribution in [2.45, 2.75) is 13.5 Å². The van der Waals surface area contributed by atoms with Crippen LogP contribution in [0.4, 0.5) is 10.1 Å². The Labute approximate surface area is 123 Å². The summed E-state index contributed by atoms with van der Waals surface area (Å²) in [4.78, 5) is 6.03. The predicted octanol–water partition coefficient (Wildman–Crippen LogP) is 3.44. The molecule has 0 radical (unpaired) electrons. The molecule has 0 aliphatic heterocycles. The number of halogens is 1. The van der Waals surface area contributed by atoms with Crippen LogP contribution in [0.3, 0.4) is 0 Å². The first-order valence-corrected chi connectivity index (χ1v) is 6.80. The molecule has 5 heteroatoms. The molecule has 0 atom stereocenters. The maximum absolute atomic E-state index is 12.9. The average molecular weight is 289 g/mol. The van der Waals surface area contributed by atoms with Gasteiger partial charge in [-0.15, -0.1) is 0 Å². The van der Waals surface area contributed by atoms with Gasteiger partial charge in [0.1, 0.15) is 5.82 Å². The SMILES string of the molecule is CCN(Cc1ccncc1)C(=S)Nc1ccc(F)cc1. The van der Waals surface area contributed by atoms with E-state index in [1.165, 1.54) is 12.1 Å². The van der Waals surface area contributed by atoms with E-state index in [4.69, 9.17) is 12.2 Å². The third-order valence-corrected chi connectivity index (χ3v) is 3.25. The van der Waals surface area contributed by atoms with Crippen molar-refractivity contribution in [2.24, 2.45) is 0 Å². The number of hydrogen-bond donors (Lipinski definition) is 1. The van der Waals surface area contributed by atoms with E-state index < -0.39 is 0 Å². The van der Waals surface area contributed by atoms with Crippen LogP contribution in [-0.2, 0) is 6.54 Å². The normalized spacial score (nSPS) is 10.1. The fraction of sp³-hybridized carbons (Fsp3) is 0.200. The molecule has 1 aromatic carbocycles. The molecule has 0 fully saturated rings. The van der Waals surface area contributed by atoms with E-state index in [1.54, 1.807) is 24.5 Å². The molecule has 0 aliphatic rings. The van der Waals surface area contributed by atoms with Gasteiger partial charge in [0.05, 0.1) is 0 Å². The van der Waals surface area contributed by atoms with Crippen LogP contribution in [-0.4, -0.2) is 21.5 Å². The van der Waals surface area contributed by atoms with Gasteiger partial charge >= 0.3 is 0 Å². The molecule has 0 saturated carbocycles. The zero-order valence-electron chi connectivity index (χ0n) is 11.2. The Morgan fingerprint density at radius 2 is 1.85 bits per heavy atom. The molecule has 3 nitrogen and oxygen atoms in total. The van der Waals surface area contributed by atoms with Crippen molar-refractivity contribution in [3.8, 4) is 0 Å². The van der Waals surface area contributed by atoms with E-state index in [9.17, 15) is 4.39 Å². The zero-order valence-corrected chi connectivity index (χ0v) is 12.0. The van der Waals surface area contributed by atoms with Crippen LogP contribution in [0.25, 0.3) is 0 Å². The van der Waals surface area contributed by atoms with Crippen LogP contribution in [0, 0.1) is 5.82 Å². The Bertz CT molecular complexity index is 557. The van der Waals surface area contributed by atoms with Gasteiger partial charge in [-0.05, 0) is 61.1 Å². The molecule has 2 rings (SSSR count). The van der Waals surface area contributed by atoms with Gasteiger partial charge in [-0.25, -0.2) is 4.39 Å². The third kappa shape index (κ3) is 3.99. The second-order valence-corrected chi connectivity index (χ2v) is 4.69. The minimum Gasteiger partial charge on any atom is -0.345 e. The van der Waals surface area contributed by atoms with E-state index in [2.05, 4.69) is 10.3 Å². The molecular weight excluding hydrogens is 273 g/mol. The number of nitrogens with one attached hydrogen (secondary N) is 1. The van der Waals surface area contributed by atoms with Gasteiger partial charge in [-0.2, -0.15) is 0 Å². The highest BCUT2D eigenvalue weighted by Gasteiger charge is 2.08. The molecule has 0 aliphatic carbocycles. The van der Waals surface area contributed by atoms with Crippen molar-refractivity contribution in [2.75, 3.05) is 11.9 Å². The minimum atomic E-state index is -0.259. The van der Waals surface area contributed by atoms with Crippen LogP contribution < -0.4 is 5.32 Å². The fourth-order valence-corrected chi connectivity index (χ4v) is 2.08. The first-order valence-electron chi connectivity index (χ1n) is 6.39. The van der Waals surface area contributed by atoms with Crippen LogP contribution in [0.2, 0.25) is 0 Å². The number of benzene rings is 1. The molecule has 0 saturated heterocycles. The van der Waals surface area contributed by atoms with E-state index in [-0.39, 0.29) is 5.82 Å². The lowest BCUT2D eigenvalue weighted by Crippen LogP contribution is -2.34. The lowest BCUT2D eigenvalue weighted by atomic mass is 10.2. The van der Waals surface area contributed by atoms with Gasteiger partial charge in [0.2, 0.25) is 0 Å². The highest BCUT2D eigenvalue weighted by molar-refractivity contribution is 7.80. The molecule has 1 N–H and O–H groups in total.